The van der Waals surface area contributed by atoms with E-state index in [0.29, 0.717) is 18.3 Å². The maximum atomic E-state index is 5.86. The lowest BCUT2D eigenvalue weighted by atomic mass is 10.2. The van der Waals surface area contributed by atoms with Gasteiger partial charge in [0.25, 0.3) is 0 Å². The number of anilines is 2. The van der Waals surface area contributed by atoms with Gasteiger partial charge in [-0.3, -0.25) is 0 Å². The van der Waals surface area contributed by atoms with Gasteiger partial charge in [0, 0.05) is 43.3 Å². The largest absolute Gasteiger partial charge is 0.493 e. The van der Waals surface area contributed by atoms with Crippen molar-refractivity contribution in [3.05, 3.63) is 18.2 Å². The molecule has 1 aromatic carbocycles. The number of nitrogens with two attached hydrogens (primary N) is 1. The van der Waals surface area contributed by atoms with Gasteiger partial charge in [0.05, 0.1) is 6.61 Å². The lowest BCUT2D eigenvalue weighted by Gasteiger charge is -2.16. The van der Waals surface area contributed by atoms with Gasteiger partial charge in [-0.05, 0) is 25.8 Å². The van der Waals surface area contributed by atoms with E-state index in [-0.39, 0.29) is 0 Å². The van der Waals surface area contributed by atoms with Gasteiger partial charge in [0.15, 0.2) is 0 Å². The third-order valence-corrected chi connectivity index (χ3v) is 2.57. The van der Waals surface area contributed by atoms with Crippen molar-refractivity contribution in [3.8, 4) is 5.75 Å². The fourth-order valence-electron chi connectivity index (χ4n) is 1.66. The summed E-state index contributed by atoms with van der Waals surface area (Å²) in [5.41, 5.74) is 7.57. The van der Waals surface area contributed by atoms with Crippen LogP contribution < -0.4 is 15.8 Å². The van der Waals surface area contributed by atoms with Crippen molar-refractivity contribution in [3.63, 3.8) is 0 Å². The van der Waals surface area contributed by atoms with Crippen molar-refractivity contribution in [2.24, 2.45) is 0 Å². The van der Waals surface area contributed by atoms with Crippen molar-refractivity contribution in [1.82, 2.24) is 0 Å². The third kappa shape index (κ3) is 5.27. The van der Waals surface area contributed by atoms with Crippen LogP contribution in [0.4, 0.5) is 11.4 Å². The smallest absolute Gasteiger partial charge is 0.123 e. The van der Waals surface area contributed by atoms with Crippen LogP contribution in [-0.2, 0) is 4.74 Å². The highest BCUT2D eigenvalue weighted by Crippen LogP contribution is 2.23. The van der Waals surface area contributed by atoms with Crippen LogP contribution in [-0.4, -0.2) is 26.4 Å². The first kappa shape index (κ1) is 14.6. The number of ether oxygens (including phenoxy) is 2. The molecule has 0 saturated carbocycles. The summed E-state index contributed by atoms with van der Waals surface area (Å²) in [4.78, 5) is 0. The first-order chi connectivity index (χ1) is 8.65. The molecule has 102 valence electrons. The summed E-state index contributed by atoms with van der Waals surface area (Å²) in [6, 6.07) is 6.09. The molecule has 0 heterocycles. The van der Waals surface area contributed by atoms with Crippen LogP contribution in [0.5, 0.6) is 5.75 Å². The van der Waals surface area contributed by atoms with Crippen LogP contribution in [0.25, 0.3) is 0 Å². The Hall–Kier alpha value is -1.42. The molecule has 0 aliphatic heterocycles. The van der Waals surface area contributed by atoms with Gasteiger partial charge >= 0.3 is 0 Å². The van der Waals surface area contributed by atoms with Crippen LogP contribution in [0.2, 0.25) is 0 Å². The Morgan fingerprint density at radius 2 is 2.06 bits per heavy atom. The van der Waals surface area contributed by atoms with Gasteiger partial charge in [0.2, 0.25) is 0 Å². The number of nitrogen functional groups attached to an aromatic ring is 1. The zero-order valence-corrected chi connectivity index (χ0v) is 11.5. The van der Waals surface area contributed by atoms with E-state index in [9.17, 15) is 0 Å². The molecule has 0 saturated heterocycles. The second-order valence-electron chi connectivity index (χ2n) is 4.47. The minimum Gasteiger partial charge on any atom is -0.493 e. The second kappa shape index (κ2) is 7.82. The van der Waals surface area contributed by atoms with Crippen LogP contribution in [0.3, 0.4) is 0 Å². The predicted octanol–water partition coefficient (Wildman–Crippen LogP) is 2.89. The number of rotatable bonds is 8. The molecule has 3 N–H and O–H groups in total. The molecular weight excluding hydrogens is 228 g/mol. The molecule has 0 fully saturated rings. The maximum Gasteiger partial charge on any atom is 0.123 e. The molecule has 0 aromatic heterocycles. The lowest BCUT2D eigenvalue weighted by Crippen LogP contribution is -2.17. The molecule has 0 bridgehead atoms. The fourth-order valence-corrected chi connectivity index (χ4v) is 1.66. The van der Waals surface area contributed by atoms with Gasteiger partial charge in [-0.25, -0.2) is 0 Å². The number of benzene rings is 1. The normalized spacial score (nSPS) is 12.2. The number of hydrogen-bond acceptors (Lipinski definition) is 4. The van der Waals surface area contributed by atoms with E-state index in [1.807, 2.05) is 18.2 Å². The first-order valence-corrected chi connectivity index (χ1v) is 6.44. The highest BCUT2D eigenvalue weighted by Gasteiger charge is 2.04. The SMILES string of the molecule is CCCOc1cc(N)cc(NC(C)CCOC)c1. The van der Waals surface area contributed by atoms with E-state index in [0.717, 1.165) is 30.9 Å². The van der Waals surface area contributed by atoms with Crippen LogP contribution in [0.15, 0.2) is 18.2 Å². The Kier molecular flexibility index (Phi) is 6.36. The van der Waals surface area contributed by atoms with Crippen LogP contribution in [0.1, 0.15) is 26.7 Å². The van der Waals surface area contributed by atoms with Gasteiger partial charge in [-0.15, -0.1) is 0 Å². The van der Waals surface area contributed by atoms with Gasteiger partial charge in [-0.1, -0.05) is 6.92 Å². The van der Waals surface area contributed by atoms with E-state index in [1.165, 1.54) is 0 Å². The zero-order chi connectivity index (χ0) is 13.4. The Bertz CT molecular complexity index is 356. The monoisotopic (exact) mass is 252 g/mol. The molecule has 4 nitrogen and oxygen atoms in total. The summed E-state index contributed by atoms with van der Waals surface area (Å²) in [6.07, 6.45) is 1.94. The average molecular weight is 252 g/mol. The van der Waals surface area contributed by atoms with E-state index < -0.39 is 0 Å². The summed E-state index contributed by atoms with van der Waals surface area (Å²) in [7, 11) is 1.71. The highest BCUT2D eigenvalue weighted by molar-refractivity contribution is 5.59. The Balaban J connectivity index is 2.61. The Morgan fingerprint density at radius 3 is 2.72 bits per heavy atom. The van der Waals surface area contributed by atoms with Crippen molar-refractivity contribution in [2.75, 3.05) is 31.4 Å². The minimum atomic E-state index is 0.339. The standard InChI is InChI=1S/C14H24N2O2/c1-4-6-18-14-9-12(15)8-13(10-14)16-11(2)5-7-17-3/h8-11,16H,4-7,15H2,1-3H3. The van der Waals surface area contributed by atoms with E-state index in [4.69, 9.17) is 15.2 Å². The Morgan fingerprint density at radius 1 is 1.28 bits per heavy atom. The fraction of sp³-hybridized carbons (Fsp3) is 0.571. The molecule has 0 aliphatic rings. The molecule has 0 amide bonds. The number of nitrogens with one attached hydrogen (secondary N) is 1. The quantitative estimate of drug-likeness (QED) is 0.698. The molecule has 0 radical (unpaired) electrons. The van der Waals surface area contributed by atoms with Crippen molar-refractivity contribution in [2.45, 2.75) is 32.7 Å². The molecule has 1 aromatic rings. The summed E-state index contributed by atoms with van der Waals surface area (Å²) >= 11 is 0. The van der Waals surface area contributed by atoms with Gasteiger partial charge in [-0.2, -0.15) is 0 Å². The Labute approximate surface area is 109 Å². The zero-order valence-electron chi connectivity index (χ0n) is 11.5. The molecule has 1 unspecified atom stereocenters. The van der Waals surface area contributed by atoms with Crippen molar-refractivity contribution < 1.29 is 9.47 Å². The lowest BCUT2D eigenvalue weighted by molar-refractivity contribution is 0.191. The molecule has 4 heteroatoms. The molecule has 1 atom stereocenters. The van der Waals surface area contributed by atoms with Gasteiger partial charge < -0.3 is 20.5 Å². The van der Waals surface area contributed by atoms with E-state index >= 15 is 0 Å². The second-order valence-corrected chi connectivity index (χ2v) is 4.47. The summed E-state index contributed by atoms with van der Waals surface area (Å²) in [6.45, 7) is 5.66. The predicted molar refractivity (Wildman–Crippen MR) is 76.2 cm³/mol. The third-order valence-electron chi connectivity index (χ3n) is 2.57. The first-order valence-electron chi connectivity index (χ1n) is 6.44. The number of methoxy groups -OCH3 is 1. The summed E-state index contributed by atoms with van der Waals surface area (Å²) < 4.78 is 10.7. The minimum absolute atomic E-state index is 0.339. The molecule has 18 heavy (non-hydrogen) atoms. The number of hydrogen-bond donors (Lipinski definition) is 2. The topological polar surface area (TPSA) is 56.5 Å². The highest BCUT2D eigenvalue weighted by atomic mass is 16.5. The van der Waals surface area contributed by atoms with Crippen molar-refractivity contribution in [1.29, 1.82) is 0 Å². The molecule has 0 aliphatic carbocycles. The van der Waals surface area contributed by atoms with E-state index in [2.05, 4.69) is 19.2 Å². The van der Waals surface area contributed by atoms with Crippen LogP contribution in [0, 0.1) is 0 Å². The van der Waals surface area contributed by atoms with Gasteiger partial charge in [0.1, 0.15) is 5.75 Å². The molecular formula is C14H24N2O2. The van der Waals surface area contributed by atoms with E-state index in [1.54, 1.807) is 7.11 Å². The summed E-state index contributed by atoms with van der Waals surface area (Å²) in [5.74, 6) is 0.818. The molecule has 0 spiro atoms. The maximum absolute atomic E-state index is 5.86. The summed E-state index contributed by atoms with van der Waals surface area (Å²) in [5, 5.41) is 3.39. The van der Waals surface area contributed by atoms with Crippen molar-refractivity contribution >= 4 is 11.4 Å². The van der Waals surface area contributed by atoms with Crippen LogP contribution >= 0.6 is 0 Å². The average Bonchev–Trinajstić information content (AvgIpc) is 2.33. The molecule has 1 rings (SSSR count).